The number of nitrogens with one attached hydrogen (secondary N) is 1. The maximum Gasteiger partial charge on any atom is 0.248 e. The van der Waals surface area contributed by atoms with Crippen molar-refractivity contribution in [3.05, 3.63) is 109 Å². The lowest BCUT2D eigenvalue weighted by Crippen LogP contribution is -2.07. The quantitative estimate of drug-likeness (QED) is 0.336. The van der Waals surface area contributed by atoms with Crippen LogP contribution >= 0.6 is 0 Å². The number of benzene rings is 2. The molecule has 36 heavy (non-hydrogen) atoms. The van der Waals surface area contributed by atoms with Gasteiger partial charge in [-0.2, -0.15) is 5.10 Å². The van der Waals surface area contributed by atoms with Crippen molar-refractivity contribution in [2.75, 3.05) is 5.32 Å². The van der Waals surface area contributed by atoms with Crippen LogP contribution in [0.3, 0.4) is 0 Å². The number of hydrogen-bond acceptors (Lipinski definition) is 4. The van der Waals surface area contributed by atoms with Crippen molar-refractivity contribution in [1.29, 1.82) is 0 Å². The minimum atomic E-state index is -0.215. The summed E-state index contributed by atoms with van der Waals surface area (Å²) in [6.07, 6.45) is 13.0. The van der Waals surface area contributed by atoms with Crippen molar-refractivity contribution in [3.8, 4) is 28.2 Å². The van der Waals surface area contributed by atoms with E-state index in [1.54, 1.807) is 18.5 Å². The predicted molar refractivity (Wildman–Crippen MR) is 140 cm³/mol. The lowest BCUT2D eigenvalue weighted by Gasteiger charge is -2.03. The summed E-state index contributed by atoms with van der Waals surface area (Å²) in [6.45, 7) is 1.04. The fourth-order valence-corrected chi connectivity index (χ4v) is 4.42. The van der Waals surface area contributed by atoms with Crippen LogP contribution in [0.5, 0.6) is 0 Å². The fourth-order valence-electron chi connectivity index (χ4n) is 4.42. The Kier molecular flexibility index (Phi) is 5.71. The topological polar surface area (TPSA) is 77.6 Å². The van der Waals surface area contributed by atoms with Crippen molar-refractivity contribution in [2.24, 2.45) is 0 Å². The van der Waals surface area contributed by atoms with E-state index in [2.05, 4.69) is 21.1 Å². The highest BCUT2D eigenvalue weighted by Gasteiger charge is 2.15. The van der Waals surface area contributed by atoms with Crippen LogP contribution in [-0.2, 0) is 17.8 Å². The number of rotatable bonds is 6. The van der Waals surface area contributed by atoms with Gasteiger partial charge in [0.2, 0.25) is 5.91 Å². The van der Waals surface area contributed by atoms with Gasteiger partial charge < -0.3 is 9.88 Å². The molecule has 6 rings (SSSR count). The third-order valence-electron chi connectivity index (χ3n) is 6.22. The second-order valence-electron chi connectivity index (χ2n) is 8.69. The fraction of sp³-hybridized carbons (Fsp3) is 0.103. The van der Waals surface area contributed by atoms with Crippen molar-refractivity contribution in [3.63, 3.8) is 0 Å². The van der Waals surface area contributed by atoms with Gasteiger partial charge in [0.25, 0.3) is 0 Å². The molecule has 0 bridgehead atoms. The zero-order valence-electron chi connectivity index (χ0n) is 19.6. The number of imidazole rings is 1. The van der Waals surface area contributed by atoms with Gasteiger partial charge in [-0.3, -0.25) is 9.78 Å². The molecular weight excluding hydrogens is 448 g/mol. The number of para-hydroxylation sites is 1. The van der Waals surface area contributed by atoms with Gasteiger partial charge in [-0.15, -0.1) is 0 Å². The van der Waals surface area contributed by atoms with Crippen molar-refractivity contribution in [1.82, 2.24) is 24.3 Å². The number of aromatic nitrogens is 5. The van der Waals surface area contributed by atoms with Crippen molar-refractivity contribution < 1.29 is 4.79 Å². The summed E-state index contributed by atoms with van der Waals surface area (Å²) in [5.41, 5.74) is 6.15. The molecule has 0 unspecified atom stereocenters. The zero-order chi connectivity index (χ0) is 24.3. The summed E-state index contributed by atoms with van der Waals surface area (Å²) in [5.74, 6) is 0.932. The highest BCUT2D eigenvalue weighted by Crippen LogP contribution is 2.26. The summed E-state index contributed by atoms with van der Waals surface area (Å²) >= 11 is 0. The summed E-state index contributed by atoms with van der Waals surface area (Å²) in [5, 5.41) is 7.69. The number of fused-ring (bicyclic) bond motifs is 1. The van der Waals surface area contributed by atoms with Crippen LogP contribution in [0, 0.1) is 0 Å². The molecule has 1 aliphatic rings. The summed E-state index contributed by atoms with van der Waals surface area (Å²) in [4.78, 5) is 21.7. The maximum absolute atomic E-state index is 12.7. The third-order valence-corrected chi connectivity index (χ3v) is 6.22. The Bertz CT molecular complexity index is 1510. The number of hydrogen-bond donors (Lipinski definition) is 1. The SMILES string of the molecule is O=C(/C=C/c1cn(-c2ccccc2)nc1-c1cccnc1)Nc1ccc(-c2cn3c(n2)CCC3)cc1. The van der Waals surface area contributed by atoms with Crippen LogP contribution < -0.4 is 5.32 Å². The van der Waals surface area contributed by atoms with E-state index < -0.39 is 0 Å². The Labute approximate surface area is 208 Å². The molecule has 0 radical (unpaired) electrons. The molecule has 2 aromatic carbocycles. The molecule has 0 fully saturated rings. The number of aryl methyl sites for hydroxylation is 2. The van der Waals surface area contributed by atoms with E-state index in [4.69, 9.17) is 10.1 Å². The first kappa shape index (κ1) is 21.7. The molecule has 0 saturated carbocycles. The molecule has 0 aliphatic carbocycles. The average molecular weight is 473 g/mol. The smallest absolute Gasteiger partial charge is 0.248 e. The van der Waals surface area contributed by atoms with Gasteiger partial charge >= 0.3 is 0 Å². The van der Waals surface area contributed by atoms with Gasteiger partial charge in [0.05, 0.1) is 11.4 Å². The Balaban J connectivity index is 1.20. The van der Waals surface area contributed by atoms with Gasteiger partial charge in [-0.25, -0.2) is 9.67 Å². The van der Waals surface area contributed by atoms with Crippen molar-refractivity contribution >= 4 is 17.7 Å². The summed E-state index contributed by atoms with van der Waals surface area (Å²) in [6, 6.07) is 21.5. The summed E-state index contributed by atoms with van der Waals surface area (Å²) < 4.78 is 4.03. The standard InChI is InChI=1S/C29H24N6O/c36-28(31-24-13-10-21(11-14-24)26-20-34-17-5-9-27(34)32-26)15-12-23-19-35(25-7-2-1-3-8-25)33-29(23)22-6-4-16-30-18-22/h1-4,6-8,10-16,18-20H,5,9,17H2,(H,31,36)/b15-12+. The normalized spacial score (nSPS) is 12.7. The molecule has 176 valence electrons. The van der Waals surface area contributed by atoms with E-state index >= 15 is 0 Å². The Morgan fingerprint density at radius 3 is 2.58 bits per heavy atom. The molecule has 0 spiro atoms. The van der Waals surface area contributed by atoms with Gasteiger partial charge in [-0.05, 0) is 48.9 Å². The number of carbonyl (C=O) groups is 1. The first-order valence-electron chi connectivity index (χ1n) is 11.9. The van der Waals surface area contributed by atoms with Crippen LogP contribution in [0.1, 0.15) is 17.8 Å². The predicted octanol–water partition coefficient (Wildman–Crippen LogP) is 5.40. The van der Waals surface area contributed by atoms with Crippen LogP contribution in [0.2, 0.25) is 0 Å². The molecule has 4 heterocycles. The van der Waals surface area contributed by atoms with Gasteiger partial charge in [0.1, 0.15) is 11.5 Å². The van der Waals surface area contributed by atoms with Crippen LogP contribution in [0.25, 0.3) is 34.3 Å². The highest BCUT2D eigenvalue weighted by molar-refractivity contribution is 6.02. The molecule has 1 N–H and O–H groups in total. The zero-order valence-corrected chi connectivity index (χ0v) is 19.6. The average Bonchev–Trinajstić information content (AvgIpc) is 3.64. The van der Waals surface area contributed by atoms with E-state index in [0.29, 0.717) is 0 Å². The molecule has 7 nitrogen and oxygen atoms in total. The molecular formula is C29H24N6O. The minimum absolute atomic E-state index is 0.215. The van der Waals surface area contributed by atoms with E-state index in [0.717, 1.165) is 64.7 Å². The molecule has 0 saturated heterocycles. The molecule has 5 aromatic rings. The van der Waals surface area contributed by atoms with Crippen LogP contribution in [-0.4, -0.2) is 30.2 Å². The molecule has 1 aliphatic heterocycles. The number of pyridine rings is 1. The number of nitrogens with zero attached hydrogens (tertiary/aromatic N) is 5. The lowest BCUT2D eigenvalue weighted by atomic mass is 10.1. The van der Waals surface area contributed by atoms with Gasteiger partial charge in [-0.1, -0.05) is 30.3 Å². The number of amides is 1. The summed E-state index contributed by atoms with van der Waals surface area (Å²) in [7, 11) is 0. The van der Waals surface area contributed by atoms with Crippen LogP contribution in [0.15, 0.2) is 97.6 Å². The maximum atomic E-state index is 12.7. The molecule has 7 heteroatoms. The van der Waals surface area contributed by atoms with E-state index in [-0.39, 0.29) is 5.91 Å². The van der Waals surface area contributed by atoms with E-state index in [1.165, 1.54) is 6.08 Å². The molecule has 1 amide bonds. The lowest BCUT2D eigenvalue weighted by molar-refractivity contribution is -0.111. The second kappa shape index (κ2) is 9.46. The third kappa shape index (κ3) is 4.46. The Morgan fingerprint density at radius 1 is 0.944 bits per heavy atom. The minimum Gasteiger partial charge on any atom is -0.334 e. The second-order valence-corrected chi connectivity index (χ2v) is 8.69. The first-order chi connectivity index (χ1) is 17.7. The van der Waals surface area contributed by atoms with Crippen molar-refractivity contribution in [2.45, 2.75) is 19.4 Å². The molecule has 3 aromatic heterocycles. The Morgan fingerprint density at radius 2 is 1.81 bits per heavy atom. The number of carbonyl (C=O) groups excluding carboxylic acids is 1. The largest absolute Gasteiger partial charge is 0.334 e. The first-order valence-corrected chi connectivity index (χ1v) is 11.9. The number of anilines is 1. The van der Waals surface area contributed by atoms with E-state index in [1.807, 2.05) is 77.6 Å². The van der Waals surface area contributed by atoms with E-state index in [9.17, 15) is 4.79 Å². The monoisotopic (exact) mass is 472 g/mol. The van der Waals surface area contributed by atoms with Gasteiger partial charge in [0.15, 0.2) is 0 Å². The molecule has 0 atom stereocenters. The van der Waals surface area contributed by atoms with Gasteiger partial charge in [0, 0.05) is 66.2 Å². The Hall–Kier alpha value is -4.78. The van der Waals surface area contributed by atoms with Crippen LogP contribution in [0.4, 0.5) is 5.69 Å². The highest BCUT2D eigenvalue weighted by atomic mass is 16.1.